The summed E-state index contributed by atoms with van der Waals surface area (Å²) in [5.41, 5.74) is 8.82. The lowest BCUT2D eigenvalue weighted by Gasteiger charge is -2.20. The molecule has 0 unspecified atom stereocenters. The molecule has 1 aromatic heterocycles. The molecule has 0 aliphatic heterocycles. The Hall–Kier alpha value is -2.07. The van der Waals surface area contributed by atoms with Crippen molar-refractivity contribution in [3.63, 3.8) is 0 Å². The first kappa shape index (κ1) is 13.4. The van der Waals surface area contributed by atoms with Crippen molar-refractivity contribution in [2.75, 3.05) is 19.1 Å². The van der Waals surface area contributed by atoms with E-state index in [0.717, 1.165) is 23.7 Å². The van der Waals surface area contributed by atoms with Crippen LogP contribution in [0, 0.1) is 0 Å². The average molecular weight is 257 g/mol. The number of hydrogen-bond donors (Lipinski definition) is 1. The van der Waals surface area contributed by atoms with Gasteiger partial charge < -0.3 is 15.4 Å². The second-order valence-corrected chi connectivity index (χ2v) is 4.42. The van der Waals surface area contributed by atoms with Gasteiger partial charge in [0.25, 0.3) is 0 Å². The molecule has 0 radical (unpaired) electrons. The third-order valence-electron chi connectivity index (χ3n) is 3.00. The SMILES string of the molecule is COc1cccc(CN(C)c2ccnc(CN)c2)c1. The Morgan fingerprint density at radius 1 is 1.26 bits per heavy atom. The van der Waals surface area contributed by atoms with E-state index >= 15 is 0 Å². The first-order valence-electron chi connectivity index (χ1n) is 6.22. The molecular weight excluding hydrogens is 238 g/mol. The van der Waals surface area contributed by atoms with Gasteiger partial charge in [-0.1, -0.05) is 12.1 Å². The van der Waals surface area contributed by atoms with Crippen LogP contribution < -0.4 is 15.4 Å². The molecule has 0 saturated carbocycles. The Bertz CT molecular complexity index is 542. The van der Waals surface area contributed by atoms with E-state index in [4.69, 9.17) is 10.5 Å². The molecular formula is C15H19N3O. The summed E-state index contributed by atoms with van der Waals surface area (Å²) in [5, 5.41) is 0. The van der Waals surface area contributed by atoms with Gasteiger partial charge in [-0.15, -0.1) is 0 Å². The van der Waals surface area contributed by atoms with Crippen molar-refractivity contribution >= 4 is 5.69 Å². The quantitative estimate of drug-likeness (QED) is 0.892. The van der Waals surface area contributed by atoms with Crippen LogP contribution in [-0.4, -0.2) is 19.1 Å². The van der Waals surface area contributed by atoms with Gasteiger partial charge in [-0.05, 0) is 29.8 Å². The van der Waals surface area contributed by atoms with E-state index < -0.39 is 0 Å². The molecule has 0 bridgehead atoms. The highest BCUT2D eigenvalue weighted by atomic mass is 16.5. The van der Waals surface area contributed by atoms with E-state index in [2.05, 4.69) is 23.0 Å². The van der Waals surface area contributed by atoms with Crippen molar-refractivity contribution in [3.05, 3.63) is 53.9 Å². The molecule has 0 aliphatic rings. The normalized spacial score (nSPS) is 10.3. The van der Waals surface area contributed by atoms with Crippen LogP contribution in [0.5, 0.6) is 5.75 Å². The van der Waals surface area contributed by atoms with Crippen LogP contribution >= 0.6 is 0 Å². The molecule has 0 aliphatic carbocycles. The number of pyridine rings is 1. The molecule has 2 rings (SSSR count). The minimum atomic E-state index is 0.459. The lowest BCUT2D eigenvalue weighted by Crippen LogP contribution is -2.17. The van der Waals surface area contributed by atoms with Crippen molar-refractivity contribution in [3.8, 4) is 5.75 Å². The number of rotatable bonds is 5. The minimum absolute atomic E-state index is 0.459. The van der Waals surface area contributed by atoms with Gasteiger partial charge in [0.05, 0.1) is 12.8 Å². The average Bonchev–Trinajstić information content (AvgIpc) is 2.47. The molecule has 0 amide bonds. The summed E-state index contributed by atoms with van der Waals surface area (Å²) in [6.07, 6.45) is 1.79. The van der Waals surface area contributed by atoms with Gasteiger partial charge in [-0.3, -0.25) is 4.98 Å². The van der Waals surface area contributed by atoms with Crippen LogP contribution in [-0.2, 0) is 13.1 Å². The molecule has 0 saturated heterocycles. The molecule has 100 valence electrons. The van der Waals surface area contributed by atoms with E-state index in [1.165, 1.54) is 5.56 Å². The Kier molecular flexibility index (Phi) is 4.36. The van der Waals surface area contributed by atoms with E-state index in [1.807, 2.05) is 30.3 Å². The Labute approximate surface area is 113 Å². The molecule has 4 heteroatoms. The molecule has 1 aromatic carbocycles. The Morgan fingerprint density at radius 3 is 2.84 bits per heavy atom. The summed E-state index contributed by atoms with van der Waals surface area (Å²) in [6, 6.07) is 12.1. The molecule has 0 spiro atoms. The molecule has 0 atom stereocenters. The number of nitrogens with two attached hydrogens (primary N) is 1. The maximum Gasteiger partial charge on any atom is 0.119 e. The highest BCUT2D eigenvalue weighted by Gasteiger charge is 2.04. The second kappa shape index (κ2) is 6.20. The smallest absolute Gasteiger partial charge is 0.119 e. The van der Waals surface area contributed by atoms with Crippen LogP contribution in [0.4, 0.5) is 5.69 Å². The summed E-state index contributed by atoms with van der Waals surface area (Å²) in [6.45, 7) is 1.27. The van der Waals surface area contributed by atoms with E-state index in [1.54, 1.807) is 13.3 Å². The number of anilines is 1. The van der Waals surface area contributed by atoms with E-state index in [0.29, 0.717) is 6.54 Å². The number of hydrogen-bond acceptors (Lipinski definition) is 4. The summed E-state index contributed by atoms with van der Waals surface area (Å²) in [4.78, 5) is 6.37. The number of ether oxygens (including phenoxy) is 1. The summed E-state index contributed by atoms with van der Waals surface area (Å²) >= 11 is 0. The van der Waals surface area contributed by atoms with Crippen LogP contribution in [0.15, 0.2) is 42.6 Å². The third-order valence-corrected chi connectivity index (χ3v) is 3.00. The van der Waals surface area contributed by atoms with Gasteiger partial charge in [0.15, 0.2) is 0 Å². The molecule has 2 N–H and O–H groups in total. The molecule has 4 nitrogen and oxygen atoms in total. The highest BCUT2D eigenvalue weighted by Crippen LogP contribution is 2.18. The zero-order chi connectivity index (χ0) is 13.7. The summed E-state index contributed by atoms with van der Waals surface area (Å²) in [5.74, 6) is 0.878. The predicted octanol–water partition coefficient (Wildman–Crippen LogP) is 2.19. The van der Waals surface area contributed by atoms with Crippen molar-refractivity contribution in [1.29, 1.82) is 0 Å². The topological polar surface area (TPSA) is 51.4 Å². The fourth-order valence-corrected chi connectivity index (χ4v) is 1.95. The largest absolute Gasteiger partial charge is 0.497 e. The summed E-state index contributed by atoms with van der Waals surface area (Å²) < 4.78 is 5.23. The van der Waals surface area contributed by atoms with Gasteiger partial charge in [-0.2, -0.15) is 0 Å². The number of methoxy groups -OCH3 is 1. The van der Waals surface area contributed by atoms with Crippen molar-refractivity contribution in [2.45, 2.75) is 13.1 Å². The summed E-state index contributed by atoms with van der Waals surface area (Å²) in [7, 11) is 3.73. The Balaban J connectivity index is 2.13. The van der Waals surface area contributed by atoms with Gasteiger partial charge in [0.1, 0.15) is 5.75 Å². The van der Waals surface area contributed by atoms with Crippen molar-refractivity contribution in [2.24, 2.45) is 5.73 Å². The Morgan fingerprint density at radius 2 is 2.11 bits per heavy atom. The fourth-order valence-electron chi connectivity index (χ4n) is 1.95. The number of aromatic nitrogens is 1. The maximum atomic E-state index is 5.61. The van der Waals surface area contributed by atoms with Crippen molar-refractivity contribution in [1.82, 2.24) is 4.98 Å². The maximum absolute atomic E-state index is 5.61. The predicted molar refractivity (Wildman–Crippen MR) is 77.2 cm³/mol. The first-order valence-corrected chi connectivity index (χ1v) is 6.22. The second-order valence-electron chi connectivity index (χ2n) is 4.42. The lowest BCUT2D eigenvalue weighted by atomic mass is 10.2. The third kappa shape index (κ3) is 3.45. The minimum Gasteiger partial charge on any atom is -0.497 e. The standard InChI is InChI=1S/C15H19N3O/c1-18(14-6-7-17-13(9-14)10-16)11-12-4-3-5-15(8-12)19-2/h3-9H,10-11,16H2,1-2H3. The van der Waals surface area contributed by atoms with Gasteiger partial charge in [0, 0.05) is 32.0 Å². The van der Waals surface area contributed by atoms with Gasteiger partial charge in [0.2, 0.25) is 0 Å². The van der Waals surface area contributed by atoms with Gasteiger partial charge in [-0.25, -0.2) is 0 Å². The van der Waals surface area contributed by atoms with Crippen LogP contribution in [0.2, 0.25) is 0 Å². The lowest BCUT2D eigenvalue weighted by molar-refractivity contribution is 0.414. The monoisotopic (exact) mass is 257 g/mol. The molecule has 2 aromatic rings. The van der Waals surface area contributed by atoms with Gasteiger partial charge >= 0.3 is 0 Å². The molecule has 19 heavy (non-hydrogen) atoms. The fraction of sp³-hybridized carbons (Fsp3) is 0.267. The number of benzene rings is 1. The highest BCUT2D eigenvalue weighted by molar-refractivity contribution is 5.46. The zero-order valence-corrected chi connectivity index (χ0v) is 11.3. The van der Waals surface area contributed by atoms with Crippen molar-refractivity contribution < 1.29 is 4.74 Å². The van der Waals surface area contributed by atoms with E-state index in [-0.39, 0.29) is 0 Å². The first-order chi connectivity index (χ1) is 9.22. The molecule has 0 fully saturated rings. The van der Waals surface area contributed by atoms with Crippen LogP contribution in [0.25, 0.3) is 0 Å². The van der Waals surface area contributed by atoms with Crippen LogP contribution in [0.1, 0.15) is 11.3 Å². The van der Waals surface area contributed by atoms with Crippen LogP contribution in [0.3, 0.4) is 0 Å². The zero-order valence-electron chi connectivity index (χ0n) is 11.3. The molecule has 1 heterocycles. The number of nitrogens with zero attached hydrogens (tertiary/aromatic N) is 2. The van der Waals surface area contributed by atoms with E-state index in [9.17, 15) is 0 Å².